The highest BCUT2D eigenvalue weighted by Crippen LogP contribution is 2.34. The van der Waals surface area contributed by atoms with Gasteiger partial charge in [0.05, 0.1) is 25.6 Å². The molecule has 0 saturated heterocycles. The zero-order valence-electron chi connectivity index (χ0n) is 14.3. The summed E-state index contributed by atoms with van der Waals surface area (Å²) in [6.45, 7) is 3.79. The summed E-state index contributed by atoms with van der Waals surface area (Å²) in [5.41, 5.74) is 8.80. The molecule has 2 rings (SSSR count). The van der Waals surface area contributed by atoms with Crippen molar-refractivity contribution in [2.45, 2.75) is 13.8 Å². The number of anilines is 2. The summed E-state index contributed by atoms with van der Waals surface area (Å²) >= 11 is 0. The van der Waals surface area contributed by atoms with Gasteiger partial charge in [-0.3, -0.25) is 4.79 Å². The van der Waals surface area contributed by atoms with Gasteiger partial charge in [0.25, 0.3) is 5.91 Å². The van der Waals surface area contributed by atoms with Crippen molar-refractivity contribution in [2.75, 3.05) is 31.9 Å². The maximum absolute atomic E-state index is 12.1. The third-order valence-electron chi connectivity index (χ3n) is 3.53. The SMILES string of the molecule is COc1cc(N)c(NC(=O)COc2cc(C)ccc2C)cc1OC. The summed E-state index contributed by atoms with van der Waals surface area (Å²) in [7, 11) is 3.04. The molecule has 0 aromatic heterocycles. The van der Waals surface area contributed by atoms with Gasteiger partial charge in [-0.2, -0.15) is 0 Å². The Hall–Kier alpha value is -2.89. The first-order chi connectivity index (χ1) is 11.4. The Balaban J connectivity index is 2.06. The fourth-order valence-electron chi connectivity index (χ4n) is 2.20. The second-order valence-corrected chi connectivity index (χ2v) is 5.40. The molecular formula is C18H22N2O4. The van der Waals surface area contributed by atoms with Crippen LogP contribution in [0.1, 0.15) is 11.1 Å². The summed E-state index contributed by atoms with van der Waals surface area (Å²) in [5.74, 6) is 1.36. The highest BCUT2D eigenvalue weighted by molar-refractivity contribution is 5.95. The van der Waals surface area contributed by atoms with Crippen molar-refractivity contribution in [2.24, 2.45) is 0 Å². The van der Waals surface area contributed by atoms with Gasteiger partial charge in [-0.05, 0) is 31.0 Å². The highest BCUT2D eigenvalue weighted by Gasteiger charge is 2.12. The van der Waals surface area contributed by atoms with E-state index in [1.165, 1.54) is 14.2 Å². The van der Waals surface area contributed by atoms with Crippen LogP contribution in [0.5, 0.6) is 17.2 Å². The molecule has 0 atom stereocenters. The normalized spacial score (nSPS) is 10.2. The van der Waals surface area contributed by atoms with E-state index < -0.39 is 0 Å². The van der Waals surface area contributed by atoms with Gasteiger partial charge in [-0.15, -0.1) is 0 Å². The molecule has 0 spiro atoms. The van der Waals surface area contributed by atoms with Crippen LogP contribution in [0.25, 0.3) is 0 Å². The van der Waals surface area contributed by atoms with Crippen LogP contribution in [0.15, 0.2) is 30.3 Å². The molecule has 0 aliphatic carbocycles. The van der Waals surface area contributed by atoms with Crippen molar-refractivity contribution in [3.8, 4) is 17.2 Å². The van der Waals surface area contributed by atoms with Gasteiger partial charge < -0.3 is 25.3 Å². The molecular weight excluding hydrogens is 308 g/mol. The topological polar surface area (TPSA) is 82.8 Å². The minimum atomic E-state index is -0.310. The zero-order valence-corrected chi connectivity index (χ0v) is 14.3. The number of carbonyl (C=O) groups is 1. The first-order valence-corrected chi connectivity index (χ1v) is 7.46. The molecule has 2 aromatic carbocycles. The zero-order chi connectivity index (χ0) is 17.7. The van der Waals surface area contributed by atoms with Crippen LogP contribution in [0, 0.1) is 13.8 Å². The minimum Gasteiger partial charge on any atom is -0.493 e. The molecule has 6 heteroatoms. The van der Waals surface area contributed by atoms with E-state index in [4.69, 9.17) is 19.9 Å². The van der Waals surface area contributed by atoms with Gasteiger partial charge in [0.2, 0.25) is 0 Å². The number of ether oxygens (including phenoxy) is 3. The highest BCUT2D eigenvalue weighted by atomic mass is 16.5. The summed E-state index contributed by atoms with van der Waals surface area (Å²) in [5, 5.41) is 2.72. The average Bonchev–Trinajstić information content (AvgIpc) is 2.57. The van der Waals surface area contributed by atoms with Gasteiger partial charge in [0, 0.05) is 12.1 Å². The lowest BCUT2D eigenvalue weighted by atomic mass is 10.1. The van der Waals surface area contributed by atoms with Crippen molar-refractivity contribution in [3.05, 3.63) is 41.5 Å². The van der Waals surface area contributed by atoms with Crippen molar-refractivity contribution in [1.82, 2.24) is 0 Å². The summed E-state index contributed by atoms with van der Waals surface area (Å²) in [4.78, 5) is 12.1. The van der Waals surface area contributed by atoms with E-state index in [9.17, 15) is 4.79 Å². The van der Waals surface area contributed by atoms with Gasteiger partial charge in [-0.1, -0.05) is 12.1 Å². The van der Waals surface area contributed by atoms with Crippen molar-refractivity contribution in [1.29, 1.82) is 0 Å². The lowest BCUT2D eigenvalue weighted by molar-refractivity contribution is -0.118. The van der Waals surface area contributed by atoms with E-state index in [1.807, 2.05) is 32.0 Å². The molecule has 6 nitrogen and oxygen atoms in total. The fraction of sp³-hybridized carbons (Fsp3) is 0.278. The van der Waals surface area contributed by atoms with Crippen LogP contribution in [0.4, 0.5) is 11.4 Å². The number of hydrogen-bond acceptors (Lipinski definition) is 5. The molecule has 0 aliphatic rings. The molecule has 128 valence electrons. The maximum atomic E-state index is 12.1. The number of amides is 1. The molecule has 0 fully saturated rings. The summed E-state index contributed by atoms with van der Waals surface area (Å²) in [6, 6.07) is 9.05. The largest absolute Gasteiger partial charge is 0.493 e. The van der Waals surface area contributed by atoms with Crippen LogP contribution in [-0.4, -0.2) is 26.7 Å². The first kappa shape index (κ1) is 17.5. The lowest BCUT2D eigenvalue weighted by Gasteiger charge is -2.14. The molecule has 2 aromatic rings. The minimum absolute atomic E-state index is 0.113. The van der Waals surface area contributed by atoms with Crippen LogP contribution in [-0.2, 0) is 4.79 Å². The van der Waals surface area contributed by atoms with Crippen molar-refractivity contribution in [3.63, 3.8) is 0 Å². The van der Waals surface area contributed by atoms with Crippen LogP contribution in [0.3, 0.4) is 0 Å². The Morgan fingerprint density at radius 1 is 1.04 bits per heavy atom. The van der Waals surface area contributed by atoms with E-state index >= 15 is 0 Å². The maximum Gasteiger partial charge on any atom is 0.262 e. The number of nitrogens with one attached hydrogen (secondary N) is 1. The van der Waals surface area contributed by atoms with Gasteiger partial charge in [0.15, 0.2) is 18.1 Å². The van der Waals surface area contributed by atoms with E-state index in [-0.39, 0.29) is 12.5 Å². The van der Waals surface area contributed by atoms with Crippen LogP contribution >= 0.6 is 0 Å². The van der Waals surface area contributed by atoms with Crippen LogP contribution in [0.2, 0.25) is 0 Å². The third-order valence-corrected chi connectivity index (χ3v) is 3.53. The Labute approximate surface area is 141 Å². The predicted octanol–water partition coefficient (Wildman–Crippen LogP) is 2.92. The average molecular weight is 330 g/mol. The number of carbonyl (C=O) groups excluding carboxylic acids is 1. The van der Waals surface area contributed by atoms with Gasteiger partial charge in [0.1, 0.15) is 5.75 Å². The summed E-state index contributed by atoms with van der Waals surface area (Å²) < 4.78 is 16.0. The molecule has 0 bridgehead atoms. The number of benzene rings is 2. The standard InChI is InChI=1S/C18H22N2O4/c1-11-5-6-12(2)15(7-11)24-10-18(21)20-14-9-17(23-4)16(22-3)8-13(14)19/h5-9H,10,19H2,1-4H3,(H,20,21). The fourth-order valence-corrected chi connectivity index (χ4v) is 2.20. The molecule has 0 radical (unpaired) electrons. The smallest absolute Gasteiger partial charge is 0.262 e. The Bertz CT molecular complexity index is 744. The van der Waals surface area contributed by atoms with Gasteiger partial charge >= 0.3 is 0 Å². The Morgan fingerprint density at radius 3 is 2.38 bits per heavy atom. The number of hydrogen-bond donors (Lipinski definition) is 2. The number of nitrogens with two attached hydrogens (primary N) is 1. The monoisotopic (exact) mass is 330 g/mol. The van der Waals surface area contributed by atoms with E-state index in [2.05, 4.69) is 5.32 Å². The summed E-state index contributed by atoms with van der Waals surface area (Å²) in [6.07, 6.45) is 0. The molecule has 0 heterocycles. The van der Waals surface area contributed by atoms with Gasteiger partial charge in [-0.25, -0.2) is 0 Å². The van der Waals surface area contributed by atoms with Crippen molar-refractivity contribution >= 4 is 17.3 Å². The van der Waals surface area contributed by atoms with Crippen LogP contribution < -0.4 is 25.3 Å². The molecule has 3 N–H and O–H groups in total. The molecule has 0 unspecified atom stereocenters. The second kappa shape index (κ2) is 7.59. The number of rotatable bonds is 6. The number of methoxy groups -OCH3 is 2. The lowest BCUT2D eigenvalue weighted by Crippen LogP contribution is -2.21. The number of aryl methyl sites for hydroxylation is 2. The van der Waals surface area contributed by atoms with Crippen molar-refractivity contribution < 1.29 is 19.0 Å². The molecule has 0 saturated carbocycles. The Morgan fingerprint density at radius 2 is 1.71 bits per heavy atom. The second-order valence-electron chi connectivity index (χ2n) is 5.40. The number of nitrogen functional groups attached to an aromatic ring is 1. The predicted molar refractivity (Wildman–Crippen MR) is 94.0 cm³/mol. The van der Waals surface area contributed by atoms with E-state index in [1.54, 1.807) is 12.1 Å². The Kier molecular flexibility index (Phi) is 5.52. The molecule has 0 aliphatic heterocycles. The first-order valence-electron chi connectivity index (χ1n) is 7.46. The van der Waals surface area contributed by atoms with E-state index in [0.717, 1.165) is 11.1 Å². The molecule has 1 amide bonds. The van der Waals surface area contributed by atoms with E-state index in [0.29, 0.717) is 28.6 Å². The molecule has 24 heavy (non-hydrogen) atoms. The quantitative estimate of drug-likeness (QED) is 0.796. The third kappa shape index (κ3) is 4.10.